The molecule has 4 nitrogen and oxygen atoms in total. The van der Waals surface area contributed by atoms with E-state index in [0.29, 0.717) is 34.2 Å². The Balaban J connectivity index is 1.78. The monoisotopic (exact) mass is 357 g/mol. The predicted molar refractivity (Wildman–Crippen MR) is 88.1 cm³/mol. The summed E-state index contributed by atoms with van der Waals surface area (Å²) in [7, 11) is 0. The van der Waals surface area contributed by atoms with E-state index in [2.05, 4.69) is 5.32 Å². The molecule has 1 aromatic carbocycles. The lowest BCUT2D eigenvalue weighted by Crippen LogP contribution is -2.33. The molecule has 1 aliphatic carbocycles. The second kappa shape index (κ2) is 6.07. The molecule has 1 fully saturated rings. The molecule has 0 radical (unpaired) electrons. The number of carboxylic acid groups (broad SMARTS) is 1. The van der Waals surface area contributed by atoms with Crippen LogP contribution in [0.15, 0.2) is 18.2 Å². The van der Waals surface area contributed by atoms with Gasteiger partial charge in [-0.2, -0.15) is 0 Å². The summed E-state index contributed by atoms with van der Waals surface area (Å²) in [4.78, 5) is 23.8. The Morgan fingerprint density at radius 1 is 1.27 bits per heavy atom. The zero-order chi connectivity index (χ0) is 15.9. The second-order valence-corrected chi connectivity index (χ2v) is 7.27. The van der Waals surface area contributed by atoms with E-state index in [-0.39, 0.29) is 17.9 Å². The highest BCUT2D eigenvalue weighted by atomic mass is 35.5. The van der Waals surface area contributed by atoms with E-state index in [1.54, 1.807) is 18.2 Å². The fraction of sp³-hybridized carbons (Fsp3) is 0.333. The van der Waals surface area contributed by atoms with E-state index < -0.39 is 5.97 Å². The SMILES string of the molecule is O=C(N[C@@H]1CC[C@H](C(=O)O)C1)c1sc2cc(Cl)ccc2c1Cl. The molecule has 1 heterocycles. The molecule has 2 atom stereocenters. The van der Waals surface area contributed by atoms with Gasteiger partial charge in [-0.25, -0.2) is 0 Å². The Morgan fingerprint density at radius 3 is 2.73 bits per heavy atom. The molecule has 3 rings (SSSR count). The van der Waals surface area contributed by atoms with Crippen molar-refractivity contribution in [2.45, 2.75) is 25.3 Å². The van der Waals surface area contributed by atoms with Crippen LogP contribution in [0.5, 0.6) is 0 Å². The molecule has 1 aliphatic rings. The van der Waals surface area contributed by atoms with Gasteiger partial charge in [-0.15, -0.1) is 11.3 Å². The zero-order valence-electron chi connectivity index (χ0n) is 11.4. The summed E-state index contributed by atoms with van der Waals surface area (Å²) in [5.41, 5.74) is 0. The molecular formula is C15H13Cl2NO3S. The summed E-state index contributed by atoms with van der Waals surface area (Å²) < 4.78 is 0.859. The number of thiophene rings is 1. The number of hydrogen-bond donors (Lipinski definition) is 2. The van der Waals surface area contributed by atoms with Crippen LogP contribution in [-0.4, -0.2) is 23.0 Å². The molecule has 22 heavy (non-hydrogen) atoms. The smallest absolute Gasteiger partial charge is 0.306 e. The van der Waals surface area contributed by atoms with Crippen molar-refractivity contribution in [3.8, 4) is 0 Å². The van der Waals surface area contributed by atoms with Crippen LogP contribution in [0.2, 0.25) is 10.0 Å². The number of carbonyl (C=O) groups excluding carboxylic acids is 1. The van der Waals surface area contributed by atoms with E-state index in [4.69, 9.17) is 28.3 Å². The van der Waals surface area contributed by atoms with Crippen molar-refractivity contribution < 1.29 is 14.7 Å². The number of amides is 1. The summed E-state index contributed by atoms with van der Waals surface area (Å²) in [5.74, 6) is -1.42. The molecule has 0 spiro atoms. The maximum atomic E-state index is 12.4. The van der Waals surface area contributed by atoms with Gasteiger partial charge in [0.05, 0.1) is 10.9 Å². The number of carbonyl (C=O) groups is 2. The van der Waals surface area contributed by atoms with Gasteiger partial charge in [0.15, 0.2) is 0 Å². The molecule has 1 amide bonds. The van der Waals surface area contributed by atoms with Crippen LogP contribution < -0.4 is 5.32 Å². The standard InChI is InChI=1S/C15H13Cl2NO3S/c16-8-2-4-10-11(6-8)22-13(12(10)17)14(19)18-9-3-1-7(5-9)15(20)21/h2,4,6-7,9H,1,3,5H2,(H,18,19)(H,20,21)/t7-,9+/m0/s1. The second-order valence-electron chi connectivity index (χ2n) is 5.40. The molecule has 2 aromatic rings. The highest BCUT2D eigenvalue weighted by Gasteiger charge is 2.31. The fourth-order valence-electron chi connectivity index (χ4n) is 2.77. The van der Waals surface area contributed by atoms with Crippen molar-refractivity contribution in [3.05, 3.63) is 33.1 Å². The van der Waals surface area contributed by atoms with Gasteiger partial charge in [-0.1, -0.05) is 29.3 Å². The van der Waals surface area contributed by atoms with E-state index in [1.165, 1.54) is 11.3 Å². The molecule has 7 heteroatoms. The average molecular weight is 358 g/mol. The first-order valence-electron chi connectivity index (χ1n) is 6.87. The van der Waals surface area contributed by atoms with Crippen molar-refractivity contribution in [1.82, 2.24) is 5.32 Å². The topological polar surface area (TPSA) is 66.4 Å². The van der Waals surface area contributed by atoms with Gasteiger partial charge >= 0.3 is 5.97 Å². The number of hydrogen-bond acceptors (Lipinski definition) is 3. The minimum atomic E-state index is -0.800. The molecular weight excluding hydrogens is 345 g/mol. The Kier molecular flexibility index (Phi) is 4.30. The van der Waals surface area contributed by atoms with Gasteiger partial charge in [-0.05, 0) is 31.4 Å². The van der Waals surface area contributed by atoms with Gasteiger partial charge in [-0.3, -0.25) is 9.59 Å². The number of benzene rings is 1. The Morgan fingerprint density at radius 2 is 2.05 bits per heavy atom. The van der Waals surface area contributed by atoms with Gasteiger partial charge in [0, 0.05) is 21.2 Å². The third kappa shape index (κ3) is 2.93. The Hall–Kier alpha value is -1.30. The normalized spacial score (nSPS) is 21.2. The first-order valence-corrected chi connectivity index (χ1v) is 8.44. The van der Waals surface area contributed by atoms with Gasteiger partial charge in [0.25, 0.3) is 5.91 Å². The third-order valence-corrected chi connectivity index (χ3v) is 5.81. The lowest BCUT2D eigenvalue weighted by Gasteiger charge is -2.11. The van der Waals surface area contributed by atoms with Crippen molar-refractivity contribution >= 4 is 56.5 Å². The highest BCUT2D eigenvalue weighted by Crippen LogP contribution is 2.37. The average Bonchev–Trinajstić information content (AvgIpc) is 3.04. The third-order valence-electron chi connectivity index (χ3n) is 3.91. The summed E-state index contributed by atoms with van der Waals surface area (Å²) in [6.07, 6.45) is 1.74. The van der Waals surface area contributed by atoms with Crippen LogP contribution in [0.3, 0.4) is 0 Å². The molecule has 0 saturated heterocycles. The molecule has 0 aliphatic heterocycles. The summed E-state index contributed by atoms with van der Waals surface area (Å²) in [6, 6.07) is 5.20. The van der Waals surface area contributed by atoms with Gasteiger partial charge < -0.3 is 10.4 Å². The maximum Gasteiger partial charge on any atom is 0.306 e. The van der Waals surface area contributed by atoms with Gasteiger partial charge in [0.1, 0.15) is 4.88 Å². The van der Waals surface area contributed by atoms with Crippen molar-refractivity contribution in [3.63, 3.8) is 0 Å². The number of aliphatic carboxylic acids is 1. The molecule has 2 N–H and O–H groups in total. The minimum absolute atomic E-state index is 0.113. The summed E-state index contributed by atoms with van der Waals surface area (Å²) >= 11 is 13.5. The number of rotatable bonds is 3. The van der Waals surface area contributed by atoms with E-state index in [0.717, 1.165) is 10.1 Å². The van der Waals surface area contributed by atoms with E-state index in [1.807, 2.05) is 0 Å². The van der Waals surface area contributed by atoms with E-state index >= 15 is 0 Å². The lowest BCUT2D eigenvalue weighted by atomic mass is 10.1. The minimum Gasteiger partial charge on any atom is -0.481 e. The van der Waals surface area contributed by atoms with Crippen LogP contribution in [0.25, 0.3) is 10.1 Å². The van der Waals surface area contributed by atoms with Crippen LogP contribution in [0, 0.1) is 5.92 Å². The lowest BCUT2D eigenvalue weighted by molar-refractivity contribution is -0.141. The van der Waals surface area contributed by atoms with Crippen molar-refractivity contribution in [2.75, 3.05) is 0 Å². The molecule has 0 unspecified atom stereocenters. The maximum absolute atomic E-state index is 12.4. The highest BCUT2D eigenvalue weighted by molar-refractivity contribution is 7.21. The number of nitrogens with one attached hydrogen (secondary N) is 1. The summed E-state index contributed by atoms with van der Waals surface area (Å²) in [5, 5.41) is 13.7. The number of fused-ring (bicyclic) bond motifs is 1. The van der Waals surface area contributed by atoms with Crippen LogP contribution >= 0.6 is 34.5 Å². The summed E-state index contributed by atoms with van der Waals surface area (Å²) in [6.45, 7) is 0. The molecule has 1 aromatic heterocycles. The first-order chi connectivity index (χ1) is 10.5. The van der Waals surface area contributed by atoms with Crippen molar-refractivity contribution in [2.24, 2.45) is 5.92 Å². The molecule has 1 saturated carbocycles. The Bertz CT molecular complexity index is 759. The van der Waals surface area contributed by atoms with Gasteiger partial charge in [0.2, 0.25) is 0 Å². The molecule has 0 bridgehead atoms. The van der Waals surface area contributed by atoms with E-state index in [9.17, 15) is 9.59 Å². The first kappa shape index (κ1) is 15.6. The largest absolute Gasteiger partial charge is 0.481 e. The fourth-order valence-corrected chi connectivity index (χ4v) is 4.47. The molecule has 116 valence electrons. The predicted octanol–water partition coefficient (Wildman–Crippen LogP) is 4.19. The van der Waals surface area contributed by atoms with Crippen LogP contribution in [0.4, 0.5) is 0 Å². The Labute approximate surface area is 141 Å². The zero-order valence-corrected chi connectivity index (χ0v) is 13.8. The number of carboxylic acids is 1. The van der Waals surface area contributed by atoms with Crippen molar-refractivity contribution in [1.29, 1.82) is 0 Å². The quantitative estimate of drug-likeness (QED) is 0.865. The van der Waals surface area contributed by atoms with Crippen LogP contribution in [-0.2, 0) is 4.79 Å². The number of halogens is 2. The van der Waals surface area contributed by atoms with Crippen LogP contribution in [0.1, 0.15) is 28.9 Å².